The summed E-state index contributed by atoms with van der Waals surface area (Å²) in [5.74, 6) is -1.10. The molecule has 0 aromatic rings. The van der Waals surface area contributed by atoms with E-state index in [2.05, 4.69) is 17.1 Å². The van der Waals surface area contributed by atoms with Crippen LogP contribution in [0.2, 0.25) is 0 Å². The summed E-state index contributed by atoms with van der Waals surface area (Å²) in [6.07, 6.45) is 3.25. The molecule has 0 aromatic heterocycles. The number of carbonyl (C=O) groups excluding carboxylic acids is 3. The van der Waals surface area contributed by atoms with Crippen LogP contribution in [-0.4, -0.2) is 53.8 Å². The average molecular weight is 295 g/mol. The average Bonchev–Trinajstić information content (AvgIpc) is 2.48. The van der Waals surface area contributed by atoms with Crippen LogP contribution in [0.3, 0.4) is 0 Å². The number of piperidine rings is 1. The van der Waals surface area contributed by atoms with Gasteiger partial charge in [0, 0.05) is 6.54 Å². The highest BCUT2D eigenvalue weighted by molar-refractivity contribution is 6.16. The first-order valence-electron chi connectivity index (χ1n) is 7.95. The van der Waals surface area contributed by atoms with E-state index in [9.17, 15) is 14.4 Å². The van der Waals surface area contributed by atoms with Crippen molar-refractivity contribution in [3.05, 3.63) is 0 Å². The number of barbiturate groups is 1. The molecular formula is C15H25N3O3. The Kier molecular flexibility index (Phi) is 5.33. The number of nitrogens with one attached hydrogen (secondary N) is 1. The highest BCUT2D eigenvalue weighted by Crippen LogP contribution is 2.22. The number of carbonyl (C=O) groups is 3. The first-order chi connectivity index (χ1) is 10.1. The maximum Gasteiger partial charge on any atom is 0.330 e. The standard InChI is InChI=1S/C15H25N3O3/c1-3-5-12-13(19)16-15(21)18(14(12)20)10-11-6-8-17(4-2)9-7-11/h11-12H,3-10H2,1-2H3,(H,16,19,21). The second kappa shape index (κ2) is 7.02. The third-order valence-electron chi connectivity index (χ3n) is 4.53. The van der Waals surface area contributed by atoms with Crippen LogP contribution in [0.1, 0.15) is 39.5 Å². The van der Waals surface area contributed by atoms with Crippen LogP contribution in [-0.2, 0) is 9.59 Å². The van der Waals surface area contributed by atoms with E-state index >= 15 is 0 Å². The molecule has 0 radical (unpaired) electrons. The van der Waals surface area contributed by atoms with Crippen LogP contribution in [0.15, 0.2) is 0 Å². The number of likely N-dealkylation sites (tertiary alicyclic amines) is 1. The topological polar surface area (TPSA) is 69.7 Å². The zero-order chi connectivity index (χ0) is 15.4. The molecule has 1 atom stereocenters. The SMILES string of the molecule is CCCC1C(=O)NC(=O)N(CC2CCN(CC)CC2)C1=O. The number of hydrogen-bond donors (Lipinski definition) is 1. The summed E-state index contributed by atoms with van der Waals surface area (Å²) in [6.45, 7) is 7.59. The summed E-state index contributed by atoms with van der Waals surface area (Å²) in [6, 6.07) is -0.546. The van der Waals surface area contributed by atoms with Gasteiger partial charge in [0.05, 0.1) is 0 Å². The van der Waals surface area contributed by atoms with Gasteiger partial charge in [0.2, 0.25) is 11.8 Å². The molecule has 2 aliphatic rings. The minimum Gasteiger partial charge on any atom is -0.304 e. The van der Waals surface area contributed by atoms with Gasteiger partial charge >= 0.3 is 6.03 Å². The lowest BCUT2D eigenvalue weighted by atomic mass is 9.94. The van der Waals surface area contributed by atoms with Gasteiger partial charge in [-0.2, -0.15) is 0 Å². The number of nitrogens with zero attached hydrogens (tertiary/aromatic N) is 2. The second-order valence-corrected chi connectivity index (χ2v) is 5.96. The Hall–Kier alpha value is -1.43. The van der Waals surface area contributed by atoms with Gasteiger partial charge < -0.3 is 4.90 Å². The molecule has 6 heteroatoms. The minimum absolute atomic E-state index is 0.316. The predicted octanol–water partition coefficient (Wildman–Crippen LogP) is 1.21. The molecule has 2 fully saturated rings. The molecule has 118 valence electrons. The zero-order valence-corrected chi connectivity index (χ0v) is 12.9. The van der Waals surface area contributed by atoms with Crippen molar-refractivity contribution in [3.8, 4) is 0 Å². The van der Waals surface area contributed by atoms with Crippen molar-refractivity contribution < 1.29 is 14.4 Å². The summed E-state index contributed by atoms with van der Waals surface area (Å²) < 4.78 is 0. The highest BCUT2D eigenvalue weighted by Gasteiger charge is 2.40. The number of rotatable bonds is 5. The maximum absolute atomic E-state index is 12.4. The van der Waals surface area contributed by atoms with Crippen molar-refractivity contribution in [2.75, 3.05) is 26.2 Å². The predicted molar refractivity (Wildman–Crippen MR) is 78.5 cm³/mol. The quantitative estimate of drug-likeness (QED) is 0.774. The normalized spacial score (nSPS) is 25.3. The molecule has 0 saturated carbocycles. The Morgan fingerprint density at radius 1 is 1.14 bits per heavy atom. The van der Waals surface area contributed by atoms with Gasteiger partial charge in [-0.3, -0.25) is 19.8 Å². The van der Waals surface area contributed by atoms with E-state index in [0.717, 1.165) is 38.9 Å². The van der Waals surface area contributed by atoms with Gasteiger partial charge in [0.1, 0.15) is 5.92 Å². The summed E-state index contributed by atoms with van der Waals surface area (Å²) in [5, 5.41) is 2.32. The van der Waals surface area contributed by atoms with Crippen molar-refractivity contribution in [2.45, 2.75) is 39.5 Å². The molecule has 0 spiro atoms. The first kappa shape index (κ1) is 15.9. The van der Waals surface area contributed by atoms with E-state index in [1.165, 1.54) is 4.90 Å². The van der Waals surface area contributed by atoms with Gasteiger partial charge in [-0.1, -0.05) is 20.3 Å². The lowest BCUT2D eigenvalue weighted by molar-refractivity contribution is -0.143. The fraction of sp³-hybridized carbons (Fsp3) is 0.800. The number of hydrogen-bond acceptors (Lipinski definition) is 4. The largest absolute Gasteiger partial charge is 0.330 e. The number of imide groups is 2. The van der Waals surface area contributed by atoms with Crippen molar-refractivity contribution in [2.24, 2.45) is 11.8 Å². The third-order valence-corrected chi connectivity index (χ3v) is 4.53. The summed E-state index contributed by atoms with van der Waals surface area (Å²) in [7, 11) is 0. The van der Waals surface area contributed by atoms with E-state index in [4.69, 9.17) is 0 Å². The van der Waals surface area contributed by atoms with Gasteiger partial charge in [0.15, 0.2) is 0 Å². The Morgan fingerprint density at radius 3 is 2.38 bits per heavy atom. The van der Waals surface area contributed by atoms with Crippen molar-refractivity contribution in [1.82, 2.24) is 15.1 Å². The monoisotopic (exact) mass is 295 g/mol. The maximum atomic E-state index is 12.4. The van der Waals surface area contributed by atoms with Crippen LogP contribution in [0.5, 0.6) is 0 Å². The number of urea groups is 1. The van der Waals surface area contributed by atoms with E-state index in [0.29, 0.717) is 18.9 Å². The minimum atomic E-state index is -0.691. The van der Waals surface area contributed by atoms with Crippen LogP contribution >= 0.6 is 0 Å². The molecule has 2 rings (SSSR count). The molecule has 4 amide bonds. The lowest BCUT2D eigenvalue weighted by Gasteiger charge is -2.36. The van der Waals surface area contributed by atoms with Crippen LogP contribution in [0.25, 0.3) is 0 Å². The molecule has 1 unspecified atom stereocenters. The van der Waals surface area contributed by atoms with Crippen LogP contribution < -0.4 is 5.32 Å². The molecule has 0 aromatic carbocycles. The Labute approximate surface area is 125 Å². The van der Waals surface area contributed by atoms with Gasteiger partial charge in [0.25, 0.3) is 0 Å². The molecule has 0 aliphatic carbocycles. The first-order valence-corrected chi connectivity index (χ1v) is 7.95. The molecule has 2 aliphatic heterocycles. The van der Waals surface area contributed by atoms with Crippen molar-refractivity contribution >= 4 is 17.8 Å². The third kappa shape index (κ3) is 3.61. The Bertz CT molecular complexity index is 416. The van der Waals surface area contributed by atoms with Gasteiger partial charge in [-0.25, -0.2) is 4.79 Å². The van der Waals surface area contributed by atoms with E-state index in [-0.39, 0.29) is 5.91 Å². The van der Waals surface area contributed by atoms with Crippen LogP contribution in [0.4, 0.5) is 4.79 Å². The molecular weight excluding hydrogens is 270 g/mol. The second-order valence-electron chi connectivity index (χ2n) is 5.96. The fourth-order valence-corrected chi connectivity index (χ4v) is 3.12. The summed E-state index contributed by atoms with van der Waals surface area (Å²) in [4.78, 5) is 39.7. The van der Waals surface area contributed by atoms with E-state index < -0.39 is 17.9 Å². The number of amides is 4. The zero-order valence-electron chi connectivity index (χ0n) is 12.9. The van der Waals surface area contributed by atoms with Gasteiger partial charge in [-0.05, 0) is 44.8 Å². The van der Waals surface area contributed by atoms with Crippen molar-refractivity contribution in [3.63, 3.8) is 0 Å². The molecule has 21 heavy (non-hydrogen) atoms. The molecule has 0 bridgehead atoms. The van der Waals surface area contributed by atoms with E-state index in [1.54, 1.807) is 0 Å². The van der Waals surface area contributed by atoms with Crippen LogP contribution in [0, 0.1) is 11.8 Å². The lowest BCUT2D eigenvalue weighted by Crippen LogP contribution is -2.59. The fourth-order valence-electron chi connectivity index (χ4n) is 3.12. The summed E-state index contributed by atoms with van der Waals surface area (Å²) in [5.41, 5.74) is 0. The van der Waals surface area contributed by atoms with Gasteiger partial charge in [-0.15, -0.1) is 0 Å². The summed E-state index contributed by atoms with van der Waals surface area (Å²) >= 11 is 0. The Balaban J connectivity index is 1.96. The Morgan fingerprint density at radius 2 is 1.81 bits per heavy atom. The molecule has 6 nitrogen and oxygen atoms in total. The van der Waals surface area contributed by atoms with Crippen molar-refractivity contribution in [1.29, 1.82) is 0 Å². The smallest absolute Gasteiger partial charge is 0.304 e. The molecule has 2 heterocycles. The van der Waals surface area contributed by atoms with E-state index in [1.807, 2.05) is 6.92 Å². The highest BCUT2D eigenvalue weighted by atomic mass is 16.2. The molecule has 1 N–H and O–H groups in total. The molecule has 2 saturated heterocycles.